The zero-order chi connectivity index (χ0) is 44.5. The zero-order valence-corrected chi connectivity index (χ0v) is 39.7. The first-order chi connectivity index (χ1) is 27.5. The van der Waals surface area contributed by atoms with Crippen LogP contribution in [0.2, 0.25) is 0 Å². The van der Waals surface area contributed by atoms with Gasteiger partial charge in [-0.2, -0.15) is 0 Å². The summed E-state index contributed by atoms with van der Waals surface area (Å²) >= 11 is 0. The first kappa shape index (κ1) is 57.0. The molecule has 0 aromatic carbocycles. The van der Waals surface area contributed by atoms with Crippen LogP contribution >= 0.6 is 0 Å². The summed E-state index contributed by atoms with van der Waals surface area (Å²) in [6.07, 6.45) is 25.2. The average molecular weight is 816 g/mol. The number of likely N-dealkylation sites (N-methyl/N-ethyl adjacent to an activating group) is 1. The van der Waals surface area contributed by atoms with Crippen molar-refractivity contribution in [2.75, 3.05) is 20.1 Å². The molecule has 58 heavy (non-hydrogen) atoms. The van der Waals surface area contributed by atoms with Crippen molar-refractivity contribution in [3.05, 3.63) is 37.3 Å². The van der Waals surface area contributed by atoms with Gasteiger partial charge >= 0.3 is 0 Å². The van der Waals surface area contributed by atoms with Gasteiger partial charge in [-0.05, 0) is 88.9 Å². The van der Waals surface area contributed by atoms with Crippen molar-refractivity contribution >= 4 is 23.4 Å². The number of amides is 2. The van der Waals surface area contributed by atoms with E-state index in [4.69, 9.17) is 0 Å². The van der Waals surface area contributed by atoms with E-state index in [9.17, 15) is 19.2 Å². The van der Waals surface area contributed by atoms with Crippen LogP contribution in [0.1, 0.15) is 191 Å². The lowest BCUT2D eigenvalue weighted by Gasteiger charge is -2.36. The van der Waals surface area contributed by atoms with Gasteiger partial charge in [0.2, 0.25) is 11.8 Å². The molecule has 9 heteroatoms. The number of nitrogens with one attached hydrogen (secondary N) is 4. The molecule has 4 unspecified atom stereocenters. The molecule has 2 fully saturated rings. The Labute approximate surface area is 358 Å². The van der Waals surface area contributed by atoms with E-state index in [2.05, 4.69) is 82.5 Å². The largest absolute Gasteiger partial charge is 0.386 e. The number of nitrogens with zero attached hydrogens (tertiary/aromatic N) is 1. The van der Waals surface area contributed by atoms with E-state index in [1.165, 1.54) is 104 Å². The topological polar surface area (TPSA) is 120 Å². The van der Waals surface area contributed by atoms with E-state index in [-0.39, 0.29) is 29.4 Å². The number of unbranched alkanes of at least 4 members (excludes halogenated alkanes) is 2. The van der Waals surface area contributed by atoms with Gasteiger partial charge in [-0.25, -0.2) is 0 Å². The molecule has 0 bridgehead atoms. The molecule has 0 saturated heterocycles. The van der Waals surface area contributed by atoms with Gasteiger partial charge in [0.15, 0.2) is 11.6 Å². The molecular formula is C49H93N5O4. The molecule has 2 aliphatic rings. The standard InChI is InChI=1S/C36H68N4O.C5H10.C4H9NO.C4H6O2/c1-9-12-20-28(5)37-29(6)27(4)25-31(10-2)26-40(8)36(41)35(33-23-18-15-19-24-33)39-30(7)38-34(11-3)32-21-16-13-14-17-22-32;1-3-5-4-2;1-3-5-4(2)6;1-3(5)4(2)6/h27-28,31-35,37-39H,6-7,9-26H2,1-5,8H3;3H,1,4-5H2,2H3;3H2,1-2H3,(H,5,6);1-2H3/t27?,28?,31-,34?,35?;;;/m1.../s1. The highest BCUT2D eigenvalue weighted by molar-refractivity contribution is 6.35. The lowest BCUT2D eigenvalue weighted by Crippen LogP contribution is -2.53. The first-order valence-corrected chi connectivity index (χ1v) is 23.3. The highest BCUT2D eigenvalue weighted by Crippen LogP contribution is 2.30. The van der Waals surface area contributed by atoms with Crippen molar-refractivity contribution in [1.82, 2.24) is 26.2 Å². The second kappa shape index (κ2) is 35.8. The van der Waals surface area contributed by atoms with Gasteiger partial charge in [-0.3, -0.25) is 19.2 Å². The third-order valence-electron chi connectivity index (χ3n) is 11.6. The maximum absolute atomic E-state index is 14.1. The summed E-state index contributed by atoms with van der Waals surface area (Å²) in [6, 6.07) is 0.705. The molecule has 2 aliphatic carbocycles. The fraction of sp³-hybridized carbons (Fsp3) is 0.796. The predicted octanol–water partition coefficient (Wildman–Crippen LogP) is 10.8. The average Bonchev–Trinajstić information content (AvgIpc) is 3.48. The van der Waals surface area contributed by atoms with Gasteiger partial charge in [0.25, 0.3) is 0 Å². The Balaban J connectivity index is 0. The third-order valence-corrected chi connectivity index (χ3v) is 11.6. The summed E-state index contributed by atoms with van der Waals surface area (Å²) in [4.78, 5) is 45.6. The number of rotatable bonds is 23. The molecule has 2 saturated carbocycles. The molecule has 0 radical (unpaired) electrons. The van der Waals surface area contributed by atoms with Crippen LogP contribution in [0, 0.1) is 23.7 Å². The lowest BCUT2D eigenvalue weighted by molar-refractivity contribution is -0.134. The highest BCUT2D eigenvalue weighted by Gasteiger charge is 2.33. The van der Waals surface area contributed by atoms with Crippen LogP contribution in [0.3, 0.4) is 0 Å². The van der Waals surface area contributed by atoms with E-state index in [1.54, 1.807) is 0 Å². The van der Waals surface area contributed by atoms with E-state index in [1.807, 2.05) is 24.9 Å². The van der Waals surface area contributed by atoms with Gasteiger partial charge in [-0.1, -0.05) is 124 Å². The van der Waals surface area contributed by atoms with Gasteiger partial charge in [0, 0.05) is 58.7 Å². The van der Waals surface area contributed by atoms with E-state index in [0.29, 0.717) is 35.8 Å². The van der Waals surface area contributed by atoms with Crippen molar-refractivity contribution in [2.24, 2.45) is 23.7 Å². The van der Waals surface area contributed by atoms with Gasteiger partial charge < -0.3 is 26.2 Å². The van der Waals surface area contributed by atoms with Crippen molar-refractivity contribution < 1.29 is 19.2 Å². The minimum atomic E-state index is -0.380. The molecule has 5 atom stereocenters. The van der Waals surface area contributed by atoms with Crippen LogP contribution in [-0.4, -0.2) is 66.5 Å². The summed E-state index contributed by atoms with van der Waals surface area (Å²) in [7, 11) is 2.02. The van der Waals surface area contributed by atoms with Crippen molar-refractivity contribution in [3.63, 3.8) is 0 Å². The lowest BCUT2D eigenvalue weighted by atomic mass is 9.83. The van der Waals surface area contributed by atoms with E-state index < -0.39 is 0 Å². The Morgan fingerprint density at radius 1 is 0.741 bits per heavy atom. The Morgan fingerprint density at radius 2 is 1.28 bits per heavy atom. The summed E-state index contributed by atoms with van der Waals surface area (Å²) in [6.45, 7) is 33.2. The Kier molecular flexibility index (Phi) is 35.2. The monoisotopic (exact) mass is 816 g/mol. The van der Waals surface area contributed by atoms with Gasteiger partial charge in [0.05, 0.1) is 5.82 Å². The SMILES string of the molecule is C=C(NC(CC)C1CCCCCC1)NC(C(=O)N(C)C[C@H](CC)CC(C)C(=C)NC(C)CCCC)C1CCCCC1.C=CCCC.CC(=O)C(C)=O.CCNC(C)=O. The molecule has 0 spiro atoms. The number of ketones is 2. The van der Waals surface area contributed by atoms with Crippen molar-refractivity contribution in [1.29, 1.82) is 0 Å². The zero-order valence-electron chi connectivity index (χ0n) is 39.7. The van der Waals surface area contributed by atoms with Crippen molar-refractivity contribution in [3.8, 4) is 0 Å². The van der Waals surface area contributed by atoms with Crippen LogP contribution in [-0.2, 0) is 19.2 Å². The first-order valence-electron chi connectivity index (χ1n) is 23.3. The van der Waals surface area contributed by atoms with Crippen LogP contribution in [0.5, 0.6) is 0 Å². The van der Waals surface area contributed by atoms with Crippen LogP contribution in [0.4, 0.5) is 0 Å². The number of hydrogen-bond donors (Lipinski definition) is 4. The molecule has 0 heterocycles. The van der Waals surface area contributed by atoms with Gasteiger partial charge in [-0.15, -0.1) is 6.58 Å². The van der Waals surface area contributed by atoms with Crippen molar-refractivity contribution in [2.45, 2.75) is 209 Å². The number of carbonyl (C=O) groups is 4. The molecule has 2 rings (SSSR count). The normalized spacial score (nSPS) is 16.8. The molecule has 9 nitrogen and oxygen atoms in total. The molecule has 4 N–H and O–H groups in total. The maximum Gasteiger partial charge on any atom is 0.245 e. The maximum atomic E-state index is 14.1. The molecule has 0 aliphatic heterocycles. The van der Waals surface area contributed by atoms with Gasteiger partial charge in [0.1, 0.15) is 6.04 Å². The van der Waals surface area contributed by atoms with Crippen LogP contribution in [0.15, 0.2) is 37.3 Å². The smallest absolute Gasteiger partial charge is 0.245 e. The Bertz CT molecular complexity index is 1130. The molecule has 0 aromatic rings. The molecular weight excluding hydrogens is 723 g/mol. The minimum absolute atomic E-state index is 0.0394. The summed E-state index contributed by atoms with van der Waals surface area (Å²) in [5.74, 6) is 2.29. The quantitative estimate of drug-likeness (QED) is 0.0461. The summed E-state index contributed by atoms with van der Waals surface area (Å²) in [5, 5.41) is 13.6. The number of Topliss-reactive ketones (excluding diaryl/α,β-unsaturated/α-hetero) is 2. The number of hydrogen-bond acceptors (Lipinski definition) is 7. The Morgan fingerprint density at radius 3 is 1.67 bits per heavy atom. The second-order valence-corrected chi connectivity index (χ2v) is 17.0. The third kappa shape index (κ3) is 28.3. The minimum Gasteiger partial charge on any atom is -0.386 e. The Hall–Kier alpha value is -3.10. The highest BCUT2D eigenvalue weighted by atomic mass is 16.2. The summed E-state index contributed by atoms with van der Waals surface area (Å²) < 4.78 is 0. The number of carbonyl (C=O) groups excluding carboxylic acids is 4. The van der Waals surface area contributed by atoms with Crippen LogP contribution in [0.25, 0.3) is 0 Å². The molecule has 338 valence electrons. The second-order valence-electron chi connectivity index (χ2n) is 17.0. The molecule has 2 amide bonds. The fourth-order valence-corrected chi connectivity index (χ4v) is 7.79. The predicted molar refractivity (Wildman–Crippen MR) is 248 cm³/mol. The van der Waals surface area contributed by atoms with Crippen LogP contribution < -0.4 is 21.3 Å². The molecule has 0 aromatic heterocycles. The van der Waals surface area contributed by atoms with E-state index in [0.717, 1.165) is 63.1 Å². The fourth-order valence-electron chi connectivity index (χ4n) is 7.79. The van der Waals surface area contributed by atoms with E-state index >= 15 is 0 Å². The summed E-state index contributed by atoms with van der Waals surface area (Å²) in [5.41, 5.74) is 1.14. The number of allylic oxidation sites excluding steroid dienone is 2.